The first-order valence-corrected chi connectivity index (χ1v) is 8.03. The van der Waals surface area contributed by atoms with Gasteiger partial charge < -0.3 is 20.9 Å². The number of carbonyl (C=O) groups excluding carboxylic acids is 1. The van der Waals surface area contributed by atoms with Crippen LogP contribution < -0.4 is 16.0 Å². The molecule has 0 spiro atoms. The summed E-state index contributed by atoms with van der Waals surface area (Å²) in [6.45, 7) is 5.09. The Labute approximate surface area is 139 Å². The summed E-state index contributed by atoms with van der Waals surface area (Å²) in [5, 5.41) is 9.39. The second-order valence-corrected chi connectivity index (χ2v) is 5.61. The summed E-state index contributed by atoms with van der Waals surface area (Å²) < 4.78 is 0. The number of benzene rings is 1. The maximum atomic E-state index is 12.1. The van der Waals surface area contributed by atoms with Crippen molar-refractivity contribution in [3.05, 3.63) is 35.4 Å². The van der Waals surface area contributed by atoms with Crippen molar-refractivity contribution in [3.63, 3.8) is 0 Å². The number of rotatable bonds is 8. The van der Waals surface area contributed by atoms with E-state index in [-0.39, 0.29) is 5.91 Å². The van der Waals surface area contributed by atoms with Crippen LogP contribution in [0.2, 0.25) is 0 Å². The van der Waals surface area contributed by atoms with E-state index in [2.05, 4.69) is 27.9 Å². The number of hydrogen-bond acceptors (Lipinski definition) is 3. The molecule has 0 fully saturated rings. The molecule has 0 bridgehead atoms. The molecular weight excluding hydrogens is 290 g/mol. The second-order valence-electron chi connectivity index (χ2n) is 5.61. The summed E-state index contributed by atoms with van der Waals surface area (Å²) in [6, 6.07) is 7.64. The Morgan fingerprint density at radius 2 is 1.96 bits per heavy atom. The van der Waals surface area contributed by atoms with Crippen LogP contribution in [0.15, 0.2) is 29.3 Å². The molecule has 0 heterocycles. The van der Waals surface area contributed by atoms with E-state index in [0.717, 1.165) is 31.0 Å². The van der Waals surface area contributed by atoms with Gasteiger partial charge in [0.05, 0.1) is 0 Å². The van der Waals surface area contributed by atoms with E-state index in [4.69, 9.17) is 0 Å². The quantitative estimate of drug-likeness (QED) is 0.495. The molecule has 0 saturated carbocycles. The molecule has 0 atom stereocenters. The highest BCUT2D eigenvalue weighted by Gasteiger charge is 2.06. The van der Waals surface area contributed by atoms with Crippen molar-refractivity contribution in [2.24, 2.45) is 4.99 Å². The highest BCUT2D eigenvalue weighted by molar-refractivity contribution is 5.94. The Morgan fingerprint density at radius 1 is 1.17 bits per heavy atom. The summed E-state index contributed by atoms with van der Waals surface area (Å²) in [6.07, 6.45) is 1.04. The lowest BCUT2D eigenvalue weighted by atomic mass is 10.1. The predicted molar refractivity (Wildman–Crippen MR) is 95.8 cm³/mol. The fourth-order valence-electron chi connectivity index (χ4n) is 1.97. The summed E-state index contributed by atoms with van der Waals surface area (Å²) in [5.74, 6) is 0.731. The minimum Gasteiger partial charge on any atom is -0.356 e. The Balaban J connectivity index is 2.54. The molecule has 0 aliphatic heterocycles. The van der Waals surface area contributed by atoms with E-state index in [0.29, 0.717) is 18.7 Å². The topological polar surface area (TPSA) is 68.8 Å². The van der Waals surface area contributed by atoms with Crippen LogP contribution in [-0.4, -0.2) is 57.5 Å². The van der Waals surface area contributed by atoms with Gasteiger partial charge >= 0.3 is 0 Å². The molecule has 0 aliphatic carbocycles. The number of likely N-dealkylation sites (N-methyl/N-ethyl adjacent to an activating group) is 1. The number of guanidine groups is 1. The third-order valence-corrected chi connectivity index (χ3v) is 3.26. The Bertz CT molecular complexity index is 513. The smallest absolute Gasteiger partial charge is 0.251 e. The minimum absolute atomic E-state index is 0.0396. The molecule has 6 heteroatoms. The maximum Gasteiger partial charge on any atom is 0.251 e. The van der Waals surface area contributed by atoms with Gasteiger partial charge in [-0.2, -0.15) is 0 Å². The van der Waals surface area contributed by atoms with Gasteiger partial charge in [-0.15, -0.1) is 0 Å². The number of nitrogens with one attached hydrogen (secondary N) is 3. The lowest BCUT2D eigenvalue weighted by molar-refractivity contribution is 0.0951. The molecule has 1 aromatic rings. The largest absolute Gasteiger partial charge is 0.356 e. The summed E-state index contributed by atoms with van der Waals surface area (Å²) in [5.41, 5.74) is 1.73. The number of nitrogens with zero attached hydrogens (tertiary/aromatic N) is 2. The van der Waals surface area contributed by atoms with Gasteiger partial charge in [-0.05, 0) is 38.2 Å². The molecule has 1 rings (SSSR count). The molecule has 0 aliphatic rings. The van der Waals surface area contributed by atoms with Crippen LogP contribution in [0.1, 0.15) is 29.3 Å². The van der Waals surface area contributed by atoms with Crippen molar-refractivity contribution in [1.29, 1.82) is 0 Å². The summed E-state index contributed by atoms with van der Waals surface area (Å²) >= 11 is 0. The van der Waals surface area contributed by atoms with Crippen molar-refractivity contribution in [2.75, 3.05) is 40.8 Å². The molecule has 0 saturated heterocycles. The number of hydrogen-bond donors (Lipinski definition) is 3. The first-order valence-electron chi connectivity index (χ1n) is 8.03. The van der Waals surface area contributed by atoms with E-state index in [1.54, 1.807) is 7.05 Å². The highest BCUT2D eigenvalue weighted by Crippen LogP contribution is 2.05. The van der Waals surface area contributed by atoms with Crippen LogP contribution in [0.5, 0.6) is 0 Å². The minimum atomic E-state index is -0.0396. The van der Waals surface area contributed by atoms with E-state index >= 15 is 0 Å². The van der Waals surface area contributed by atoms with Gasteiger partial charge in [0.15, 0.2) is 5.96 Å². The maximum absolute atomic E-state index is 12.1. The van der Waals surface area contributed by atoms with Gasteiger partial charge in [0.2, 0.25) is 0 Å². The lowest BCUT2D eigenvalue weighted by Gasteiger charge is -2.12. The Kier molecular flexibility index (Phi) is 8.75. The average molecular weight is 319 g/mol. The third kappa shape index (κ3) is 7.65. The van der Waals surface area contributed by atoms with Gasteiger partial charge in [0.1, 0.15) is 0 Å². The fourth-order valence-corrected chi connectivity index (χ4v) is 1.97. The zero-order valence-electron chi connectivity index (χ0n) is 14.6. The van der Waals surface area contributed by atoms with Crippen LogP contribution >= 0.6 is 0 Å². The highest BCUT2D eigenvalue weighted by atomic mass is 16.1. The molecule has 23 heavy (non-hydrogen) atoms. The second kappa shape index (κ2) is 10.6. The lowest BCUT2D eigenvalue weighted by Crippen LogP contribution is -2.37. The molecule has 0 unspecified atom stereocenters. The molecule has 0 aromatic heterocycles. The van der Waals surface area contributed by atoms with E-state index in [9.17, 15) is 4.79 Å². The molecule has 128 valence electrons. The molecular formula is C17H29N5O. The van der Waals surface area contributed by atoms with Crippen molar-refractivity contribution < 1.29 is 4.79 Å². The fraction of sp³-hybridized carbons (Fsp3) is 0.529. The van der Waals surface area contributed by atoms with Crippen LogP contribution in [0.4, 0.5) is 0 Å². The van der Waals surface area contributed by atoms with E-state index in [1.165, 1.54) is 0 Å². The zero-order valence-corrected chi connectivity index (χ0v) is 14.6. The zero-order chi connectivity index (χ0) is 17.1. The molecule has 3 N–H and O–H groups in total. The Morgan fingerprint density at radius 3 is 2.61 bits per heavy atom. The SMILES string of the molecule is CCCNC(=NC)NCc1cccc(C(=O)NCCN(C)C)c1. The van der Waals surface area contributed by atoms with Gasteiger partial charge in [0, 0.05) is 38.8 Å². The molecule has 1 aromatic carbocycles. The number of aliphatic imine (C=N–C) groups is 1. The monoisotopic (exact) mass is 319 g/mol. The van der Waals surface area contributed by atoms with Gasteiger partial charge in [-0.1, -0.05) is 19.1 Å². The Hall–Kier alpha value is -2.08. The van der Waals surface area contributed by atoms with E-state index < -0.39 is 0 Å². The summed E-state index contributed by atoms with van der Waals surface area (Å²) in [7, 11) is 5.72. The van der Waals surface area contributed by atoms with Crippen LogP contribution in [0.3, 0.4) is 0 Å². The molecule has 0 radical (unpaired) electrons. The van der Waals surface area contributed by atoms with Gasteiger partial charge in [-0.3, -0.25) is 9.79 Å². The first-order chi connectivity index (χ1) is 11.1. The van der Waals surface area contributed by atoms with Crippen LogP contribution in [0.25, 0.3) is 0 Å². The number of amides is 1. The van der Waals surface area contributed by atoms with Gasteiger partial charge in [-0.25, -0.2) is 0 Å². The average Bonchev–Trinajstić information content (AvgIpc) is 2.55. The van der Waals surface area contributed by atoms with Crippen LogP contribution in [-0.2, 0) is 6.54 Å². The normalized spacial score (nSPS) is 11.4. The van der Waals surface area contributed by atoms with Crippen molar-refractivity contribution in [2.45, 2.75) is 19.9 Å². The van der Waals surface area contributed by atoms with Gasteiger partial charge in [0.25, 0.3) is 5.91 Å². The molecule has 6 nitrogen and oxygen atoms in total. The molecule has 1 amide bonds. The predicted octanol–water partition coefficient (Wildman–Crippen LogP) is 1.05. The van der Waals surface area contributed by atoms with Crippen molar-refractivity contribution in [3.8, 4) is 0 Å². The van der Waals surface area contributed by atoms with Crippen molar-refractivity contribution >= 4 is 11.9 Å². The summed E-state index contributed by atoms with van der Waals surface area (Å²) in [4.78, 5) is 18.3. The third-order valence-electron chi connectivity index (χ3n) is 3.26. The number of carbonyl (C=O) groups is 1. The first kappa shape index (κ1) is 19.0. The van der Waals surface area contributed by atoms with Crippen LogP contribution in [0, 0.1) is 0 Å². The van der Waals surface area contributed by atoms with E-state index in [1.807, 2.05) is 43.3 Å². The standard InChI is InChI=1S/C17H29N5O/c1-5-9-20-17(18-2)21-13-14-7-6-8-15(12-14)16(23)19-10-11-22(3)4/h6-8,12H,5,9-11,13H2,1-4H3,(H,19,23)(H2,18,20,21). The van der Waals surface area contributed by atoms with Crippen molar-refractivity contribution in [1.82, 2.24) is 20.9 Å².